The van der Waals surface area contributed by atoms with Gasteiger partial charge in [0.1, 0.15) is 18.1 Å². The predicted octanol–water partition coefficient (Wildman–Crippen LogP) is 4.08. The van der Waals surface area contributed by atoms with Gasteiger partial charge < -0.3 is 14.9 Å². The van der Waals surface area contributed by atoms with Crippen LogP contribution in [0.3, 0.4) is 0 Å². The number of amides is 2. The average Bonchev–Trinajstić information content (AvgIpc) is 3.74. The molecule has 3 aromatic carbocycles. The highest BCUT2D eigenvalue weighted by Crippen LogP contribution is 2.48. The molecule has 2 amide bonds. The lowest BCUT2D eigenvalue weighted by Gasteiger charge is -2.38. The molecule has 7 nitrogen and oxygen atoms in total. The molecule has 1 fully saturated rings. The number of aliphatic carboxylic acids is 1. The molecule has 0 aromatic heterocycles. The van der Waals surface area contributed by atoms with Crippen LogP contribution in [-0.2, 0) is 19.9 Å². The van der Waals surface area contributed by atoms with Gasteiger partial charge in [0.15, 0.2) is 0 Å². The standard InChI is InChI=1S/C32H37N3O4/c1-22(2)28(31(38)39)34(5)29(36)23(3)33(4)30(37)27-21-35(27)32(24-15-9-6-10-16-24,25-17-11-7-12-18-25)26-19-13-8-14-20-26/h6-20,22-23,27-28H,21H2,1-5H3,(H,38,39). The highest BCUT2D eigenvalue weighted by Gasteiger charge is 2.57. The minimum atomic E-state index is -1.06. The summed E-state index contributed by atoms with van der Waals surface area (Å²) in [4.78, 5) is 43.8. The van der Waals surface area contributed by atoms with E-state index in [2.05, 4.69) is 41.3 Å². The third kappa shape index (κ3) is 5.19. The van der Waals surface area contributed by atoms with Gasteiger partial charge in [-0.2, -0.15) is 0 Å². The Morgan fingerprint density at radius 2 is 1.18 bits per heavy atom. The van der Waals surface area contributed by atoms with E-state index in [1.165, 1.54) is 16.8 Å². The average molecular weight is 528 g/mol. The first kappa shape index (κ1) is 28.0. The number of carboxylic acid groups (broad SMARTS) is 1. The fourth-order valence-corrected chi connectivity index (χ4v) is 5.68. The van der Waals surface area contributed by atoms with E-state index in [1.54, 1.807) is 27.8 Å². The van der Waals surface area contributed by atoms with Gasteiger partial charge in [0.2, 0.25) is 11.8 Å². The zero-order valence-corrected chi connectivity index (χ0v) is 23.2. The van der Waals surface area contributed by atoms with E-state index in [4.69, 9.17) is 0 Å². The maximum Gasteiger partial charge on any atom is 0.326 e. The molecule has 39 heavy (non-hydrogen) atoms. The molecule has 4 rings (SSSR count). The summed E-state index contributed by atoms with van der Waals surface area (Å²) in [6.45, 7) is 5.70. The third-order valence-electron chi connectivity index (χ3n) is 7.84. The Labute approximate surface area is 230 Å². The van der Waals surface area contributed by atoms with Crippen LogP contribution >= 0.6 is 0 Å². The second-order valence-electron chi connectivity index (χ2n) is 10.6. The fraction of sp³-hybridized carbons (Fsp3) is 0.344. The van der Waals surface area contributed by atoms with Crippen LogP contribution in [0.2, 0.25) is 0 Å². The van der Waals surface area contributed by atoms with Crippen LogP contribution in [0.5, 0.6) is 0 Å². The van der Waals surface area contributed by atoms with E-state index < -0.39 is 35.5 Å². The first-order chi connectivity index (χ1) is 18.6. The number of carbonyl (C=O) groups is 3. The second kappa shape index (κ2) is 11.4. The summed E-state index contributed by atoms with van der Waals surface area (Å²) in [7, 11) is 3.11. The van der Waals surface area contributed by atoms with Crippen LogP contribution < -0.4 is 0 Å². The molecule has 1 aliphatic heterocycles. The number of hydrogen-bond acceptors (Lipinski definition) is 4. The lowest BCUT2D eigenvalue weighted by Crippen LogP contribution is -2.54. The van der Waals surface area contributed by atoms with E-state index in [0.29, 0.717) is 6.54 Å². The summed E-state index contributed by atoms with van der Waals surface area (Å²) < 4.78 is 0. The van der Waals surface area contributed by atoms with Crippen LogP contribution in [0.4, 0.5) is 0 Å². The molecule has 7 heteroatoms. The zero-order chi connectivity index (χ0) is 28.3. The van der Waals surface area contributed by atoms with Gasteiger partial charge in [-0.05, 0) is 29.5 Å². The lowest BCUT2D eigenvalue weighted by molar-refractivity contribution is -0.154. The number of hydrogen-bond donors (Lipinski definition) is 1. The van der Waals surface area contributed by atoms with Gasteiger partial charge >= 0.3 is 5.97 Å². The predicted molar refractivity (Wildman–Crippen MR) is 151 cm³/mol. The summed E-state index contributed by atoms with van der Waals surface area (Å²) in [5.74, 6) is -1.91. The smallest absolute Gasteiger partial charge is 0.326 e. The van der Waals surface area contributed by atoms with E-state index in [9.17, 15) is 19.5 Å². The summed E-state index contributed by atoms with van der Waals surface area (Å²) in [6, 6.07) is 28.3. The van der Waals surface area contributed by atoms with Crippen molar-refractivity contribution in [2.75, 3.05) is 20.6 Å². The van der Waals surface area contributed by atoms with Crippen molar-refractivity contribution in [2.45, 2.75) is 44.4 Å². The molecule has 4 unspecified atom stereocenters. The van der Waals surface area contributed by atoms with Gasteiger partial charge in [-0.3, -0.25) is 14.5 Å². The Kier molecular flexibility index (Phi) is 8.21. The molecule has 0 radical (unpaired) electrons. The molecular weight excluding hydrogens is 490 g/mol. The van der Waals surface area contributed by atoms with Gasteiger partial charge in [0, 0.05) is 20.6 Å². The number of carboxylic acids is 1. The number of rotatable bonds is 10. The van der Waals surface area contributed by atoms with Gasteiger partial charge in [-0.15, -0.1) is 0 Å². The van der Waals surface area contributed by atoms with Crippen LogP contribution in [0.15, 0.2) is 91.0 Å². The van der Waals surface area contributed by atoms with Gasteiger partial charge in [0.25, 0.3) is 0 Å². The van der Waals surface area contributed by atoms with Gasteiger partial charge in [-0.25, -0.2) is 4.79 Å². The first-order valence-electron chi connectivity index (χ1n) is 13.3. The van der Waals surface area contributed by atoms with E-state index in [0.717, 1.165) is 16.7 Å². The molecule has 1 N–H and O–H groups in total. The molecule has 4 atom stereocenters. The number of carbonyl (C=O) groups excluding carboxylic acids is 2. The SMILES string of the molecule is CC(C)C(C(=O)O)N(C)C(=O)C(C)N(C)C(=O)C1CN1C(c1ccccc1)(c1ccccc1)c1ccccc1. The Morgan fingerprint density at radius 1 is 0.769 bits per heavy atom. The Morgan fingerprint density at radius 3 is 1.54 bits per heavy atom. The molecule has 0 spiro atoms. The van der Waals surface area contributed by atoms with E-state index in [1.807, 2.05) is 54.6 Å². The summed E-state index contributed by atoms with van der Waals surface area (Å²) in [5.41, 5.74) is 2.43. The van der Waals surface area contributed by atoms with Crippen LogP contribution in [0.25, 0.3) is 0 Å². The maximum absolute atomic E-state index is 13.9. The van der Waals surface area contributed by atoms with Gasteiger partial charge in [0.05, 0.1) is 5.54 Å². The molecule has 1 heterocycles. The van der Waals surface area contributed by atoms with Crippen LogP contribution in [0, 0.1) is 5.92 Å². The van der Waals surface area contributed by atoms with Crippen molar-refractivity contribution in [3.63, 3.8) is 0 Å². The Bertz CT molecular complexity index is 1200. The first-order valence-corrected chi connectivity index (χ1v) is 13.3. The van der Waals surface area contributed by atoms with Gasteiger partial charge in [-0.1, -0.05) is 105 Å². The molecule has 1 aliphatic rings. The number of nitrogens with zero attached hydrogens (tertiary/aromatic N) is 3. The van der Waals surface area contributed by atoms with Crippen molar-refractivity contribution in [3.8, 4) is 0 Å². The van der Waals surface area contributed by atoms with Crippen molar-refractivity contribution < 1.29 is 19.5 Å². The molecule has 0 aliphatic carbocycles. The van der Waals surface area contributed by atoms with Crippen molar-refractivity contribution in [3.05, 3.63) is 108 Å². The minimum absolute atomic E-state index is 0.173. The largest absolute Gasteiger partial charge is 0.480 e. The second-order valence-corrected chi connectivity index (χ2v) is 10.6. The fourth-order valence-electron chi connectivity index (χ4n) is 5.68. The summed E-state index contributed by atoms with van der Waals surface area (Å²) in [6.07, 6.45) is 0. The molecular formula is C32H37N3O4. The topological polar surface area (TPSA) is 80.9 Å². The molecule has 3 aromatic rings. The maximum atomic E-state index is 13.9. The number of benzene rings is 3. The Hall–Kier alpha value is -3.97. The molecule has 0 bridgehead atoms. The van der Waals surface area contributed by atoms with Crippen molar-refractivity contribution in [1.29, 1.82) is 0 Å². The van der Waals surface area contributed by atoms with Crippen LogP contribution in [0.1, 0.15) is 37.5 Å². The molecule has 1 saturated heterocycles. The van der Waals surface area contributed by atoms with E-state index >= 15 is 0 Å². The highest BCUT2D eigenvalue weighted by atomic mass is 16.4. The van der Waals surface area contributed by atoms with Crippen molar-refractivity contribution in [2.24, 2.45) is 5.92 Å². The van der Waals surface area contributed by atoms with Crippen LogP contribution in [-0.4, -0.2) is 76.4 Å². The molecule has 0 saturated carbocycles. The quantitative estimate of drug-likeness (QED) is 0.318. The monoisotopic (exact) mass is 527 g/mol. The normalized spacial score (nSPS) is 18.2. The summed E-state index contributed by atoms with van der Waals surface area (Å²) >= 11 is 0. The lowest BCUT2D eigenvalue weighted by atomic mass is 9.76. The highest BCUT2D eigenvalue weighted by molar-refractivity contribution is 5.92. The Balaban J connectivity index is 1.68. The van der Waals surface area contributed by atoms with Crippen molar-refractivity contribution >= 4 is 17.8 Å². The summed E-state index contributed by atoms with van der Waals surface area (Å²) in [5, 5.41) is 9.66. The zero-order valence-electron chi connectivity index (χ0n) is 23.2. The third-order valence-corrected chi connectivity index (χ3v) is 7.84. The minimum Gasteiger partial charge on any atom is -0.480 e. The molecule has 204 valence electrons. The van der Waals surface area contributed by atoms with E-state index in [-0.39, 0.29) is 11.8 Å². The van der Waals surface area contributed by atoms with Crippen molar-refractivity contribution in [1.82, 2.24) is 14.7 Å². The number of likely N-dealkylation sites (N-methyl/N-ethyl adjacent to an activating group) is 2.